The average Bonchev–Trinajstić information content (AvgIpc) is 2.46. The van der Waals surface area contributed by atoms with Gasteiger partial charge >= 0.3 is 5.97 Å². The molecular weight excluding hydrogens is 256 g/mol. The summed E-state index contributed by atoms with van der Waals surface area (Å²) in [5.74, 6) is -1.50. The van der Waals surface area contributed by atoms with E-state index in [2.05, 4.69) is 10.3 Å². The van der Waals surface area contributed by atoms with Gasteiger partial charge in [0, 0.05) is 12.3 Å². The maximum atomic E-state index is 11.7. The Balaban J connectivity index is 2.09. The van der Waals surface area contributed by atoms with Crippen LogP contribution in [0.1, 0.15) is 16.1 Å². The Morgan fingerprint density at radius 1 is 1.10 bits per heavy atom. The molecule has 1 aromatic heterocycles. The second kappa shape index (κ2) is 6.29. The Hall–Kier alpha value is -2.95. The van der Waals surface area contributed by atoms with Crippen molar-refractivity contribution >= 4 is 23.6 Å². The van der Waals surface area contributed by atoms with Crippen LogP contribution >= 0.6 is 0 Å². The van der Waals surface area contributed by atoms with Crippen LogP contribution in [0, 0.1) is 0 Å². The zero-order valence-electron chi connectivity index (χ0n) is 10.5. The van der Waals surface area contributed by atoms with E-state index in [1.165, 1.54) is 18.2 Å². The normalized spacial score (nSPS) is 10.4. The Bertz CT molecular complexity index is 651. The van der Waals surface area contributed by atoms with Gasteiger partial charge in [-0.15, -0.1) is 0 Å². The van der Waals surface area contributed by atoms with Crippen LogP contribution < -0.4 is 5.32 Å². The molecule has 5 nitrogen and oxygen atoms in total. The van der Waals surface area contributed by atoms with E-state index in [1.807, 2.05) is 6.07 Å². The van der Waals surface area contributed by atoms with Crippen molar-refractivity contribution in [1.29, 1.82) is 0 Å². The van der Waals surface area contributed by atoms with Gasteiger partial charge < -0.3 is 10.4 Å². The van der Waals surface area contributed by atoms with Gasteiger partial charge in [0.25, 0.3) is 0 Å². The minimum absolute atomic E-state index is 0.0482. The highest BCUT2D eigenvalue weighted by Gasteiger charge is 2.09. The number of para-hydroxylation sites is 1. The van der Waals surface area contributed by atoms with Gasteiger partial charge in [0.05, 0.1) is 16.9 Å². The molecule has 0 aliphatic rings. The molecule has 2 aromatic rings. The number of benzene rings is 1. The summed E-state index contributed by atoms with van der Waals surface area (Å²) in [6.45, 7) is 0. The predicted molar refractivity (Wildman–Crippen MR) is 75.3 cm³/mol. The molecule has 0 spiro atoms. The Kier molecular flexibility index (Phi) is 4.24. The van der Waals surface area contributed by atoms with Crippen molar-refractivity contribution in [2.75, 3.05) is 5.32 Å². The van der Waals surface area contributed by atoms with E-state index < -0.39 is 11.9 Å². The topological polar surface area (TPSA) is 79.3 Å². The number of anilines is 1. The van der Waals surface area contributed by atoms with E-state index in [0.29, 0.717) is 5.69 Å². The number of nitrogens with one attached hydrogen (secondary N) is 1. The molecule has 0 bridgehead atoms. The Morgan fingerprint density at radius 3 is 2.55 bits per heavy atom. The molecule has 1 heterocycles. The van der Waals surface area contributed by atoms with Gasteiger partial charge in [-0.05, 0) is 30.3 Å². The monoisotopic (exact) mass is 268 g/mol. The third-order valence-corrected chi connectivity index (χ3v) is 2.51. The van der Waals surface area contributed by atoms with Crippen molar-refractivity contribution in [2.45, 2.75) is 0 Å². The van der Waals surface area contributed by atoms with Crippen LogP contribution in [0.15, 0.2) is 54.7 Å². The first kappa shape index (κ1) is 13.5. The highest BCUT2D eigenvalue weighted by Crippen LogP contribution is 2.14. The minimum Gasteiger partial charge on any atom is -0.478 e. The molecule has 2 N–H and O–H groups in total. The Labute approximate surface area is 115 Å². The summed E-state index contributed by atoms with van der Waals surface area (Å²) >= 11 is 0. The fraction of sp³-hybridized carbons (Fsp3) is 0. The van der Waals surface area contributed by atoms with E-state index >= 15 is 0 Å². The maximum Gasteiger partial charge on any atom is 0.337 e. The third-order valence-electron chi connectivity index (χ3n) is 2.51. The van der Waals surface area contributed by atoms with Crippen molar-refractivity contribution in [3.8, 4) is 0 Å². The minimum atomic E-state index is -1.09. The van der Waals surface area contributed by atoms with Crippen LogP contribution in [0.4, 0.5) is 5.69 Å². The standard InChI is InChI=1S/C15H12N2O3/c18-14(9-8-11-5-3-4-10-16-11)17-13-7-2-1-6-12(13)15(19)20/h1-10H,(H,17,18)(H,19,20). The van der Waals surface area contributed by atoms with Gasteiger partial charge in [0.2, 0.25) is 5.91 Å². The van der Waals surface area contributed by atoms with Gasteiger partial charge in [-0.1, -0.05) is 18.2 Å². The summed E-state index contributed by atoms with van der Waals surface area (Å²) in [6.07, 6.45) is 4.48. The number of amides is 1. The molecule has 0 unspecified atom stereocenters. The summed E-state index contributed by atoms with van der Waals surface area (Å²) in [6, 6.07) is 11.6. The number of aromatic nitrogens is 1. The summed E-state index contributed by atoms with van der Waals surface area (Å²) in [5.41, 5.74) is 0.955. The molecule has 1 aromatic carbocycles. The molecule has 0 radical (unpaired) electrons. The van der Waals surface area contributed by atoms with Gasteiger partial charge in [-0.3, -0.25) is 9.78 Å². The molecule has 20 heavy (non-hydrogen) atoms. The Morgan fingerprint density at radius 2 is 1.85 bits per heavy atom. The number of pyridine rings is 1. The first-order valence-corrected chi connectivity index (χ1v) is 5.89. The van der Waals surface area contributed by atoms with Gasteiger partial charge in [-0.25, -0.2) is 4.79 Å². The van der Waals surface area contributed by atoms with Crippen LogP contribution in [0.25, 0.3) is 6.08 Å². The van der Waals surface area contributed by atoms with Crippen LogP contribution in [-0.4, -0.2) is 22.0 Å². The SMILES string of the molecule is O=C(C=Cc1ccccn1)Nc1ccccc1C(=O)O. The first-order valence-electron chi connectivity index (χ1n) is 5.89. The zero-order chi connectivity index (χ0) is 14.4. The quantitative estimate of drug-likeness (QED) is 0.835. The lowest BCUT2D eigenvalue weighted by Crippen LogP contribution is -2.11. The zero-order valence-corrected chi connectivity index (χ0v) is 10.5. The number of carboxylic acid groups (broad SMARTS) is 1. The van der Waals surface area contributed by atoms with Crippen molar-refractivity contribution < 1.29 is 14.7 Å². The molecule has 5 heteroatoms. The van der Waals surface area contributed by atoms with Crippen molar-refractivity contribution in [2.24, 2.45) is 0 Å². The number of carbonyl (C=O) groups is 2. The molecular formula is C15H12N2O3. The molecule has 0 saturated carbocycles. The summed E-state index contributed by atoms with van der Waals surface area (Å²) < 4.78 is 0. The summed E-state index contributed by atoms with van der Waals surface area (Å²) in [7, 11) is 0. The van der Waals surface area contributed by atoms with Crippen LogP contribution in [0.5, 0.6) is 0 Å². The van der Waals surface area contributed by atoms with E-state index in [-0.39, 0.29) is 11.3 Å². The predicted octanol–water partition coefficient (Wildman–Crippen LogP) is 2.43. The second-order valence-electron chi connectivity index (χ2n) is 3.93. The van der Waals surface area contributed by atoms with Crippen molar-refractivity contribution in [3.63, 3.8) is 0 Å². The average molecular weight is 268 g/mol. The van der Waals surface area contributed by atoms with Gasteiger partial charge in [0.15, 0.2) is 0 Å². The molecule has 0 aliphatic heterocycles. The number of carbonyl (C=O) groups excluding carboxylic acids is 1. The van der Waals surface area contributed by atoms with E-state index in [1.54, 1.807) is 36.5 Å². The lowest BCUT2D eigenvalue weighted by molar-refractivity contribution is -0.111. The molecule has 2 rings (SSSR count). The highest BCUT2D eigenvalue weighted by molar-refractivity contribution is 6.05. The molecule has 0 atom stereocenters. The van der Waals surface area contributed by atoms with E-state index in [9.17, 15) is 9.59 Å². The van der Waals surface area contributed by atoms with Gasteiger partial charge in [0.1, 0.15) is 0 Å². The highest BCUT2D eigenvalue weighted by atomic mass is 16.4. The molecule has 100 valence electrons. The van der Waals surface area contributed by atoms with Crippen LogP contribution in [0.3, 0.4) is 0 Å². The van der Waals surface area contributed by atoms with Crippen molar-refractivity contribution in [3.05, 3.63) is 66.0 Å². The first-order chi connectivity index (χ1) is 9.66. The molecule has 0 fully saturated rings. The second-order valence-corrected chi connectivity index (χ2v) is 3.93. The lowest BCUT2D eigenvalue weighted by atomic mass is 10.2. The van der Waals surface area contributed by atoms with Crippen LogP contribution in [0.2, 0.25) is 0 Å². The lowest BCUT2D eigenvalue weighted by Gasteiger charge is -2.05. The number of hydrogen-bond donors (Lipinski definition) is 2. The smallest absolute Gasteiger partial charge is 0.337 e. The van der Waals surface area contributed by atoms with E-state index in [4.69, 9.17) is 5.11 Å². The molecule has 0 saturated heterocycles. The largest absolute Gasteiger partial charge is 0.478 e. The fourth-order valence-electron chi connectivity index (χ4n) is 1.59. The number of nitrogens with zero attached hydrogens (tertiary/aromatic N) is 1. The number of aromatic carboxylic acids is 1. The molecule has 0 aliphatic carbocycles. The number of carboxylic acids is 1. The van der Waals surface area contributed by atoms with Crippen LogP contribution in [-0.2, 0) is 4.79 Å². The van der Waals surface area contributed by atoms with E-state index in [0.717, 1.165) is 0 Å². The van der Waals surface area contributed by atoms with Gasteiger partial charge in [-0.2, -0.15) is 0 Å². The number of rotatable bonds is 4. The van der Waals surface area contributed by atoms with Crippen molar-refractivity contribution in [1.82, 2.24) is 4.98 Å². The molecule has 1 amide bonds. The number of hydrogen-bond acceptors (Lipinski definition) is 3. The maximum absolute atomic E-state index is 11.7. The summed E-state index contributed by atoms with van der Waals surface area (Å²) in [5, 5.41) is 11.5. The summed E-state index contributed by atoms with van der Waals surface area (Å²) in [4.78, 5) is 26.8. The third kappa shape index (κ3) is 3.52. The fourth-order valence-corrected chi connectivity index (χ4v) is 1.59.